The van der Waals surface area contributed by atoms with E-state index in [1.807, 2.05) is 0 Å². The van der Waals surface area contributed by atoms with Crippen molar-refractivity contribution in [2.75, 3.05) is 5.32 Å². The molecule has 1 aromatic carbocycles. The van der Waals surface area contributed by atoms with Crippen LogP contribution in [0.5, 0.6) is 0 Å². The molecular formula is C16H15NO5. The number of carboxylic acid groups (broad SMARTS) is 1. The lowest BCUT2D eigenvalue weighted by atomic mass is 9.91. The highest BCUT2D eigenvalue weighted by Crippen LogP contribution is 2.19. The summed E-state index contributed by atoms with van der Waals surface area (Å²) in [5.74, 6) is -2.06. The molecule has 0 unspecified atom stereocenters. The second kappa shape index (κ2) is 6.71. The molecule has 2 rings (SSSR count). The molecule has 1 aromatic rings. The van der Waals surface area contributed by atoms with E-state index in [0.29, 0.717) is 12.1 Å². The number of hydrogen-bond donors (Lipinski definition) is 3. The zero-order valence-corrected chi connectivity index (χ0v) is 11.7. The Balaban J connectivity index is 2.06. The summed E-state index contributed by atoms with van der Waals surface area (Å²) in [5.41, 5.74) is 0.628. The highest BCUT2D eigenvalue weighted by atomic mass is 16.4. The quantitative estimate of drug-likeness (QED) is 0.448. The molecule has 22 heavy (non-hydrogen) atoms. The van der Waals surface area contributed by atoms with Gasteiger partial charge >= 0.3 is 5.97 Å². The number of anilines is 1. The highest BCUT2D eigenvalue weighted by Gasteiger charge is 2.25. The smallest absolute Gasteiger partial charge is 0.335 e. The number of aromatic carboxylic acids is 1. The highest BCUT2D eigenvalue weighted by molar-refractivity contribution is 6.22. The van der Waals surface area contributed by atoms with Gasteiger partial charge in [-0.15, -0.1) is 0 Å². The molecular weight excluding hydrogens is 286 g/mol. The first-order valence-electron chi connectivity index (χ1n) is 6.75. The number of allylic oxidation sites excluding steroid dienone is 2. The van der Waals surface area contributed by atoms with Crippen LogP contribution in [0.1, 0.15) is 29.6 Å². The number of carbonyl (C=O) groups excluding carboxylic acids is 2. The molecule has 0 bridgehead atoms. The van der Waals surface area contributed by atoms with Crippen LogP contribution in [0.2, 0.25) is 0 Å². The molecule has 0 heterocycles. The van der Waals surface area contributed by atoms with Gasteiger partial charge < -0.3 is 15.5 Å². The van der Waals surface area contributed by atoms with Gasteiger partial charge in [-0.25, -0.2) is 4.79 Å². The minimum atomic E-state index is -1.02. The number of aliphatic hydroxyl groups is 1. The molecule has 0 spiro atoms. The molecule has 3 N–H and O–H groups in total. The van der Waals surface area contributed by atoms with E-state index in [2.05, 4.69) is 5.32 Å². The van der Waals surface area contributed by atoms with Gasteiger partial charge in [0.15, 0.2) is 11.6 Å². The predicted molar refractivity (Wildman–Crippen MR) is 79.7 cm³/mol. The number of hydrogen-bond acceptors (Lipinski definition) is 5. The molecule has 114 valence electrons. The number of ketones is 2. The van der Waals surface area contributed by atoms with Crippen molar-refractivity contribution in [1.82, 2.24) is 0 Å². The van der Waals surface area contributed by atoms with Crippen LogP contribution in [0, 0.1) is 0 Å². The lowest BCUT2D eigenvalue weighted by Crippen LogP contribution is -2.20. The Hall–Kier alpha value is -2.89. The molecule has 0 aromatic heterocycles. The predicted octanol–water partition coefficient (Wildman–Crippen LogP) is 2.44. The van der Waals surface area contributed by atoms with Gasteiger partial charge in [0.1, 0.15) is 11.3 Å². The van der Waals surface area contributed by atoms with Gasteiger partial charge in [-0.05, 0) is 36.8 Å². The molecule has 1 fully saturated rings. The fourth-order valence-electron chi connectivity index (χ4n) is 2.11. The van der Waals surface area contributed by atoms with E-state index >= 15 is 0 Å². The van der Waals surface area contributed by atoms with E-state index in [4.69, 9.17) is 5.11 Å². The van der Waals surface area contributed by atoms with Crippen LogP contribution >= 0.6 is 0 Å². The summed E-state index contributed by atoms with van der Waals surface area (Å²) >= 11 is 0. The summed E-state index contributed by atoms with van der Waals surface area (Å²) in [7, 11) is 0. The Morgan fingerprint density at radius 1 is 1.05 bits per heavy atom. The Morgan fingerprint density at radius 2 is 1.64 bits per heavy atom. The SMILES string of the molecule is O=C1CCCC(=O)C1=C(O)/C=C\Nc1ccc(C(=O)O)cc1. The maximum atomic E-state index is 11.6. The van der Waals surface area contributed by atoms with Crippen LogP contribution in [-0.2, 0) is 9.59 Å². The van der Waals surface area contributed by atoms with Crippen LogP contribution < -0.4 is 5.32 Å². The third-order valence-corrected chi connectivity index (χ3v) is 3.24. The number of carboxylic acids is 1. The fourth-order valence-corrected chi connectivity index (χ4v) is 2.11. The average Bonchev–Trinajstić information content (AvgIpc) is 2.47. The molecule has 0 radical (unpaired) electrons. The molecule has 1 saturated carbocycles. The molecule has 1 aliphatic rings. The Bertz CT molecular complexity index is 652. The van der Waals surface area contributed by atoms with Gasteiger partial charge in [-0.1, -0.05) is 0 Å². The standard InChI is InChI=1S/C16H15NO5/c18-12-2-1-3-13(19)15(12)14(20)8-9-17-11-6-4-10(5-7-11)16(21)22/h4-9,17,20H,1-3H2,(H,21,22)/b9-8-. The third kappa shape index (κ3) is 3.60. The van der Waals surface area contributed by atoms with E-state index in [1.165, 1.54) is 24.4 Å². The molecule has 0 aliphatic heterocycles. The van der Waals surface area contributed by atoms with Crippen molar-refractivity contribution in [3.8, 4) is 0 Å². The van der Waals surface area contributed by atoms with E-state index in [0.717, 1.165) is 0 Å². The first-order valence-corrected chi connectivity index (χ1v) is 6.75. The van der Waals surface area contributed by atoms with Crippen LogP contribution in [0.4, 0.5) is 5.69 Å². The van der Waals surface area contributed by atoms with Gasteiger partial charge in [0.25, 0.3) is 0 Å². The summed E-state index contributed by atoms with van der Waals surface area (Å²) < 4.78 is 0. The maximum absolute atomic E-state index is 11.6. The van der Waals surface area contributed by atoms with Gasteiger partial charge in [0.2, 0.25) is 0 Å². The van der Waals surface area contributed by atoms with Crippen LogP contribution in [0.3, 0.4) is 0 Å². The monoisotopic (exact) mass is 301 g/mol. The van der Waals surface area contributed by atoms with Gasteiger partial charge in [-0.3, -0.25) is 9.59 Å². The Labute approximate surface area is 126 Å². The van der Waals surface area contributed by atoms with E-state index in [9.17, 15) is 19.5 Å². The summed E-state index contributed by atoms with van der Waals surface area (Å²) in [6.07, 6.45) is 3.67. The van der Waals surface area contributed by atoms with Crippen molar-refractivity contribution < 1.29 is 24.6 Å². The first-order chi connectivity index (χ1) is 10.5. The zero-order chi connectivity index (χ0) is 16.1. The minimum absolute atomic E-state index is 0.148. The van der Waals surface area contributed by atoms with Crippen molar-refractivity contribution in [1.29, 1.82) is 0 Å². The average molecular weight is 301 g/mol. The Kier molecular flexibility index (Phi) is 4.73. The van der Waals surface area contributed by atoms with Crippen molar-refractivity contribution >= 4 is 23.2 Å². The molecule has 0 amide bonds. The van der Waals surface area contributed by atoms with Crippen molar-refractivity contribution in [2.24, 2.45) is 0 Å². The van der Waals surface area contributed by atoms with E-state index in [1.54, 1.807) is 12.1 Å². The van der Waals surface area contributed by atoms with E-state index < -0.39 is 5.97 Å². The molecule has 0 saturated heterocycles. The van der Waals surface area contributed by atoms with Crippen molar-refractivity contribution in [2.45, 2.75) is 19.3 Å². The molecule has 0 atom stereocenters. The summed E-state index contributed by atoms with van der Waals surface area (Å²) in [6.45, 7) is 0. The van der Waals surface area contributed by atoms with Crippen molar-refractivity contribution in [3.05, 3.63) is 53.4 Å². The van der Waals surface area contributed by atoms with Gasteiger partial charge in [0, 0.05) is 24.7 Å². The largest absolute Gasteiger partial charge is 0.507 e. The number of carbonyl (C=O) groups is 3. The molecule has 6 heteroatoms. The Morgan fingerprint density at radius 3 is 2.18 bits per heavy atom. The number of benzene rings is 1. The minimum Gasteiger partial charge on any atom is -0.507 e. The normalized spacial score (nSPS) is 15.2. The lowest BCUT2D eigenvalue weighted by molar-refractivity contribution is -0.124. The first kappa shape index (κ1) is 15.5. The zero-order valence-electron chi connectivity index (χ0n) is 11.7. The van der Waals surface area contributed by atoms with Gasteiger partial charge in [-0.2, -0.15) is 0 Å². The molecule has 1 aliphatic carbocycles. The van der Waals surface area contributed by atoms with Gasteiger partial charge in [0.05, 0.1) is 5.56 Å². The maximum Gasteiger partial charge on any atom is 0.335 e. The molecule has 6 nitrogen and oxygen atoms in total. The summed E-state index contributed by atoms with van der Waals surface area (Å²) in [4.78, 5) is 34.0. The second-order valence-electron chi connectivity index (χ2n) is 4.82. The van der Waals surface area contributed by atoms with Crippen LogP contribution in [0.15, 0.2) is 47.9 Å². The number of Topliss-reactive ketones (excluding diaryl/α,β-unsaturated/α-hetero) is 2. The fraction of sp³-hybridized carbons (Fsp3) is 0.188. The number of rotatable bonds is 4. The summed E-state index contributed by atoms with van der Waals surface area (Å²) in [6, 6.07) is 6.00. The summed E-state index contributed by atoms with van der Waals surface area (Å²) in [5, 5.41) is 21.4. The second-order valence-corrected chi connectivity index (χ2v) is 4.82. The van der Waals surface area contributed by atoms with E-state index in [-0.39, 0.29) is 41.3 Å². The third-order valence-electron chi connectivity index (χ3n) is 3.24. The van der Waals surface area contributed by atoms with Crippen LogP contribution in [0.25, 0.3) is 0 Å². The number of aliphatic hydroxyl groups excluding tert-OH is 1. The lowest BCUT2D eigenvalue weighted by Gasteiger charge is -2.12. The van der Waals surface area contributed by atoms with Crippen LogP contribution in [-0.4, -0.2) is 27.7 Å². The van der Waals surface area contributed by atoms with Crippen molar-refractivity contribution in [3.63, 3.8) is 0 Å². The topological polar surface area (TPSA) is 104 Å². The number of nitrogens with one attached hydrogen (secondary N) is 1.